The molecular formula is C22H24N4OS2. The first-order valence-electron chi connectivity index (χ1n) is 9.65. The summed E-state index contributed by atoms with van der Waals surface area (Å²) in [6, 6.07) is 8.11. The van der Waals surface area contributed by atoms with Gasteiger partial charge in [0.15, 0.2) is 0 Å². The van der Waals surface area contributed by atoms with E-state index in [1.165, 1.54) is 16.0 Å². The highest BCUT2D eigenvalue weighted by atomic mass is 32.1. The van der Waals surface area contributed by atoms with E-state index in [9.17, 15) is 4.79 Å². The Morgan fingerprint density at radius 1 is 1.07 bits per heavy atom. The summed E-state index contributed by atoms with van der Waals surface area (Å²) in [5, 5.41) is 5.09. The van der Waals surface area contributed by atoms with Gasteiger partial charge in [0.05, 0.1) is 25.8 Å². The number of thiazole rings is 1. The van der Waals surface area contributed by atoms with E-state index in [2.05, 4.69) is 42.1 Å². The molecule has 4 rings (SSSR count). The van der Waals surface area contributed by atoms with Crippen LogP contribution in [0.15, 0.2) is 24.3 Å². The quantitative estimate of drug-likeness (QED) is 0.490. The van der Waals surface area contributed by atoms with Gasteiger partial charge in [0.1, 0.15) is 10.7 Å². The van der Waals surface area contributed by atoms with Crippen molar-refractivity contribution in [2.45, 2.75) is 46.5 Å². The molecule has 29 heavy (non-hydrogen) atoms. The van der Waals surface area contributed by atoms with Crippen LogP contribution >= 0.6 is 22.7 Å². The minimum atomic E-state index is -0.128. The molecule has 3 aromatic heterocycles. The van der Waals surface area contributed by atoms with Crippen LogP contribution in [-0.2, 0) is 11.8 Å². The van der Waals surface area contributed by atoms with Crippen molar-refractivity contribution >= 4 is 49.0 Å². The molecule has 1 amide bonds. The van der Waals surface area contributed by atoms with Crippen LogP contribution in [0.5, 0.6) is 0 Å². The number of thiophene rings is 1. The Morgan fingerprint density at radius 2 is 1.83 bits per heavy atom. The third-order valence-electron chi connectivity index (χ3n) is 4.81. The van der Waals surface area contributed by atoms with Gasteiger partial charge in [0.2, 0.25) is 0 Å². The van der Waals surface area contributed by atoms with E-state index in [1.54, 1.807) is 11.3 Å². The van der Waals surface area contributed by atoms with Gasteiger partial charge >= 0.3 is 0 Å². The average Bonchev–Trinajstić information content (AvgIpc) is 3.21. The molecule has 0 atom stereocenters. The first kappa shape index (κ1) is 19.9. The van der Waals surface area contributed by atoms with Crippen molar-refractivity contribution in [2.24, 2.45) is 0 Å². The van der Waals surface area contributed by atoms with Crippen LogP contribution in [0.25, 0.3) is 20.4 Å². The summed E-state index contributed by atoms with van der Waals surface area (Å²) in [4.78, 5) is 28.5. The summed E-state index contributed by atoms with van der Waals surface area (Å²) in [5.74, 6) is 0.759. The molecule has 0 aliphatic rings. The van der Waals surface area contributed by atoms with E-state index in [4.69, 9.17) is 4.98 Å². The molecule has 0 spiro atoms. The first-order chi connectivity index (χ1) is 13.7. The molecule has 0 bridgehead atoms. The molecule has 150 valence electrons. The number of hydrogen-bond donors (Lipinski definition) is 1. The van der Waals surface area contributed by atoms with Gasteiger partial charge in [0.25, 0.3) is 5.91 Å². The lowest BCUT2D eigenvalue weighted by atomic mass is 9.95. The standard InChI is InChI=1S/C22H24N4OS2/c1-12-17-13(2)24-21(22(3,4)5)26-20(17)29-18(12)19(27)23-11-10-16-25-14-8-6-7-9-15(14)28-16/h6-9H,10-11H2,1-5H3,(H,23,27). The van der Waals surface area contributed by atoms with Gasteiger partial charge in [-0.05, 0) is 31.5 Å². The van der Waals surface area contributed by atoms with Crippen LogP contribution in [0.3, 0.4) is 0 Å². The van der Waals surface area contributed by atoms with Crippen LogP contribution in [0.4, 0.5) is 0 Å². The predicted molar refractivity (Wildman–Crippen MR) is 121 cm³/mol. The molecule has 5 nitrogen and oxygen atoms in total. The molecule has 0 aliphatic heterocycles. The molecule has 1 N–H and O–H groups in total. The van der Waals surface area contributed by atoms with Crippen molar-refractivity contribution in [1.82, 2.24) is 20.3 Å². The molecule has 0 radical (unpaired) electrons. The number of rotatable bonds is 4. The maximum atomic E-state index is 12.8. The lowest BCUT2D eigenvalue weighted by molar-refractivity contribution is 0.0957. The highest BCUT2D eigenvalue weighted by molar-refractivity contribution is 7.20. The molecule has 0 fully saturated rings. The number of aromatic nitrogens is 3. The smallest absolute Gasteiger partial charge is 0.261 e. The SMILES string of the molecule is Cc1nc(C(C)(C)C)nc2sc(C(=O)NCCc3nc4ccccc4s3)c(C)c12. The number of para-hydroxylation sites is 1. The van der Waals surface area contributed by atoms with Crippen molar-refractivity contribution in [1.29, 1.82) is 0 Å². The zero-order valence-corrected chi connectivity index (χ0v) is 18.9. The normalized spacial score (nSPS) is 12.0. The Hall–Kier alpha value is -2.38. The second-order valence-electron chi connectivity index (χ2n) is 8.20. The zero-order chi connectivity index (χ0) is 20.8. The summed E-state index contributed by atoms with van der Waals surface area (Å²) in [6.45, 7) is 10.8. The molecule has 4 aromatic rings. The fourth-order valence-corrected chi connectivity index (χ4v) is 5.40. The Morgan fingerprint density at radius 3 is 2.55 bits per heavy atom. The predicted octanol–water partition coefficient (Wildman–Crippen LogP) is 5.19. The fourth-order valence-electron chi connectivity index (χ4n) is 3.28. The molecule has 7 heteroatoms. The number of amides is 1. The lowest BCUT2D eigenvalue weighted by Gasteiger charge is -2.16. The molecule has 0 aliphatic carbocycles. The maximum absolute atomic E-state index is 12.8. The van der Waals surface area contributed by atoms with Crippen LogP contribution in [0, 0.1) is 13.8 Å². The van der Waals surface area contributed by atoms with Gasteiger partial charge in [0, 0.05) is 23.8 Å². The third kappa shape index (κ3) is 3.89. The number of nitrogens with one attached hydrogen (secondary N) is 1. The monoisotopic (exact) mass is 424 g/mol. The van der Waals surface area contributed by atoms with Crippen LogP contribution in [0.2, 0.25) is 0 Å². The summed E-state index contributed by atoms with van der Waals surface area (Å²) in [7, 11) is 0. The average molecular weight is 425 g/mol. The molecule has 1 aromatic carbocycles. The first-order valence-corrected chi connectivity index (χ1v) is 11.3. The molecule has 3 heterocycles. The maximum Gasteiger partial charge on any atom is 0.261 e. The van der Waals surface area contributed by atoms with Crippen molar-refractivity contribution in [3.8, 4) is 0 Å². The van der Waals surface area contributed by atoms with E-state index in [1.807, 2.05) is 32.0 Å². The number of benzene rings is 1. The van der Waals surface area contributed by atoms with Crippen LogP contribution in [0.1, 0.15) is 52.5 Å². The van der Waals surface area contributed by atoms with Gasteiger partial charge in [-0.15, -0.1) is 22.7 Å². The minimum absolute atomic E-state index is 0.0525. The Kier molecular flexibility index (Phi) is 5.12. The summed E-state index contributed by atoms with van der Waals surface area (Å²) >= 11 is 3.13. The third-order valence-corrected chi connectivity index (χ3v) is 7.09. The summed E-state index contributed by atoms with van der Waals surface area (Å²) < 4.78 is 1.18. The highest BCUT2D eigenvalue weighted by Gasteiger charge is 2.23. The molecule has 0 unspecified atom stereocenters. The second-order valence-corrected chi connectivity index (χ2v) is 10.3. The lowest BCUT2D eigenvalue weighted by Crippen LogP contribution is -2.25. The molecular weight excluding hydrogens is 400 g/mol. The number of fused-ring (bicyclic) bond motifs is 2. The largest absolute Gasteiger partial charge is 0.351 e. The number of carbonyl (C=O) groups is 1. The van der Waals surface area contributed by atoms with E-state index in [-0.39, 0.29) is 11.3 Å². The van der Waals surface area contributed by atoms with Crippen molar-refractivity contribution in [3.63, 3.8) is 0 Å². The summed E-state index contributed by atoms with van der Waals surface area (Å²) in [5.41, 5.74) is 2.78. The highest BCUT2D eigenvalue weighted by Crippen LogP contribution is 2.33. The van der Waals surface area contributed by atoms with Crippen LogP contribution in [-0.4, -0.2) is 27.4 Å². The van der Waals surface area contributed by atoms with Gasteiger partial charge in [-0.2, -0.15) is 0 Å². The van der Waals surface area contributed by atoms with Gasteiger partial charge in [-0.25, -0.2) is 15.0 Å². The molecule has 0 saturated heterocycles. The number of nitrogens with zero attached hydrogens (tertiary/aromatic N) is 3. The van der Waals surface area contributed by atoms with E-state index < -0.39 is 0 Å². The van der Waals surface area contributed by atoms with Crippen molar-refractivity contribution in [2.75, 3.05) is 6.54 Å². The topological polar surface area (TPSA) is 67.8 Å². The Labute approximate surface area is 178 Å². The van der Waals surface area contributed by atoms with Crippen molar-refractivity contribution < 1.29 is 4.79 Å². The van der Waals surface area contributed by atoms with Crippen LogP contribution < -0.4 is 5.32 Å². The minimum Gasteiger partial charge on any atom is -0.351 e. The Balaban J connectivity index is 1.52. The fraction of sp³-hybridized carbons (Fsp3) is 0.364. The summed E-state index contributed by atoms with van der Waals surface area (Å²) in [6.07, 6.45) is 0.724. The van der Waals surface area contributed by atoms with Crippen molar-refractivity contribution in [3.05, 3.63) is 51.2 Å². The number of hydrogen-bond acceptors (Lipinski definition) is 6. The van der Waals surface area contributed by atoms with Gasteiger partial charge in [-0.1, -0.05) is 32.9 Å². The number of carbonyl (C=O) groups excluding carboxylic acids is 1. The zero-order valence-electron chi connectivity index (χ0n) is 17.3. The van der Waals surface area contributed by atoms with Gasteiger partial charge in [-0.3, -0.25) is 4.79 Å². The second kappa shape index (κ2) is 7.46. The Bertz CT molecular complexity index is 1180. The molecule has 0 saturated carbocycles. The van der Waals surface area contributed by atoms with E-state index in [0.29, 0.717) is 11.4 Å². The number of aryl methyl sites for hydroxylation is 2. The van der Waals surface area contributed by atoms with E-state index in [0.717, 1.165) is 44.2 Å². The van der Waals surface area contributed by atoms with Gasteiger partial charge < -0.3 is 5.32 Å². The van der Waals surface area contributed by atoms with E-state index >= 15 is 0 Å².